The molecule has 3 nitrogen and oxygen atoms in total. The number of benzene rings is 1. The third-order valence-electron chi connectivity index (χ3n) is 3.58. The molecule has 0 N–H and O–H groups in total. The molecule has 0 bridgehead atoms. The van der Waals surface area contributed by atoms with E-state index in [1.165, 1.54) is 16.7 Å². The first-order chi connectivity index (χ1) is 9.15. The summed E-state index contributed by atoms with van der Waals surface area (Å²) in [5.74, 6) is 1.81. The van der Waals surface area contributed by atoms with Crippen molar-refractivity contribution in [2.45, 2.75) is 13.8 Å². The smallest absolute Gasteiger partial charge is 0.171 e. The summed E-state index contributed by atoms with van der Waals surface area (Å²) in [5.41, 5.74) is 4.87. The molecule has 1 aliphatic heterocycles. The largest absolute Gasteiger partial charge is 0.488 e. The van der Waals surface area contributed by atoms with Crippen molar-refractivity contribution in [3.63, 3.8) is 0 Å². The fourth-order valence-electron chi connectivity index (χ4n) is 2.42. The zero-order valence-corrected chi connectivity index (χ0v) is 11.6. The van der Waals surface area contributed by atoms with Crippen LogP contribution in [-0.4, -0.2) is 25.2 Å². The molecule has 2 aromatic rings. The van der Waals surface area contributed by atoms with Gasteiger partial charge in [0.15, 0.2) is 11.6 Å². The lowest BCUT2D eigenvalue weighted by molar-refractivity contribution is 0.309. The van der Waals surface area contributed by atoms with Gasteiger partial charge in [0.2, 0.25) is 0 Å². The van der Waals surface area contributed by atoms with Gasteiger partial charge in [-0.05, 0) is 31.0 Å². The quantitative estimate of drug-likeness (QED) is 0.781. The maximum atomic E-state index is 5.72. The Kier molecular flexibility index (Phi) is 2.90. The summed E-state index contributed by atoms with van der Waals surface area (Å²) in [7, 11) is 2.05. The van der Waals surface area contributed by atoms with Crippen LogP contribution in [0.2, 0.25) is 0 Å². The lowest BCUT2D eigenvalue weighted by Crippen LogP contribution is -2.29. The molecule has 98 valence electrons. The molecular weight excluding hydrogens is 236 g/mol. The number of pyridine rings is 1. The summed E-state index contributed by atoms with van der Waals surface area (Å²) in [6.07, 6.45) is 1.94. The van der Waals surface area contributed by atoms with E-state index in [0.717, 1.165) is 30.3 Å². The molecule has 0 spiro atoms. The third-order valence-corrected chi connectivity index (χ3v) is 3.58. The van der Waals surface area contributed by atoms with Crippen molar-refractivity contribution in [2.24, 2.45) is 0 Å². The minimum absolute atomic E-state index is 0.724. The van der Waals surface area contributed by atoms with Crippen LogP contribution in [-0.2, 0) is 0 Å². The number of nitrogens with zero attached hydrogens (tertiary/aromatic N) is 2. The first-order valence-corrected chi connectivity index (χ1v) is 6.57. The van der Waals surface area contributed by atoms with Gasteiger partial charge in [-0.3, -0.25) is 0 Å². The molecule has 0 fully saturated rings. The number of hydrogen-bond acceptors (Lipinski definition) is 3. The highest BCUT2D eigenvalue weighted by atomic mass is 16.5. The highest BCUT2D eigenvalue weighted by Crippen LogP contribution is 2.33. The van der Waals surface area contributed by atoms with Gasteiger partial charge in [0.25, 0.3) is 0 Å². The monoisotopic (exact) mass is 254 g/mol. The van der Waals surface area contributed by atoms with Gasteiger partial charge >= 0.3 is 0 Å². The minimum Gasteiger partial charge on any atom is -0.488 e. The van der Waals surface area contributed by atoms with Crippen LogP contribution in [0.5, 0.6) is 5.75 Å². The predicted molar refractivity (Wildman–Crippen MR) is 77.9 cm³/mol. The summed E-state index contributed by atoms with van der Waals surface area (Å²) in [6.45, 7) is 5.85. The van der Waals surface area contributed by atoms with Gasteiger partial charge in [-0.1, -0.05) is 23.8 Å². The molecule has 3 heteroatoms. The number of aromatic nitrogens is 1. The minimum atomic E-state index is 0.724. The van der Waals surface area contributed by atoms with Gasteiger partial charge < -0.3 is 9.64 Å². The third kappa shape index (κ3) is 2.16. The Morgan fingerprint density at radius 1 is 1.21 bits per heavy atom. The number of likely N-dealkylation sites (N-methyl/N-ethyl adjacent to an activating group) is 1. The van der Waals surface area contributed by atoms with E-state index < -0.39 is 0 Å². The predicted octanol–water partition coefficient (Wildman–Crippen LogP) is 3.19. The van der Waals surface area contributed by atoms with Crippen LogP contribution in [0.4, 0.5) is 5.82 Å². The van der Waals surface area contributed by atoms with Gasteiger partial charge in [0, 0.05) is 18.8 Å². The van der Waals surface area contributed by atoms with Gasteiger partial charge in [-0.2, -0.15) is 0 Å². The second-order valence-electron chi connectivity index (χ2n) is 5.13. The first kappa shape index (κ1) is 12.0. The maximum absolute atomic E-state index is 5.72. The molecule has 19 heavy (non-hydrogen) atoms. The zero-order valence-electron chi connectivity index (χ0n) is 11.6. The molecule has 0 aliphatic carbocycles. The molecule has 0 saturated carbocycles. The standard InChI is InChI=1S/C16H18N2O/c1-11-4-5-12(2)14(8-11)13-9-15-16(17-10-13)18(3)6-7-19-15/h4-5,8-10H,6-7H2,1-3H3. The van der Waals surface area contributed by atoms with Crippen molar-refractivity contribution < 1.29 is 4.74 Å². The van der Waals surface area contributed by atoms with E-state index in [1.54, 1.807) is 0 Å². The van der Waals surface area contributed by atoms with Gasteiger partial charge in [0.1, 0.15) is 6.61 Å². The lowest BCUT2D eigenvalue weighted by Gasteiger charge is -2.26. The second-order valence-corrected chi connectivity index (χ2v) is 5.13. The van der Waals surface area contributed by atoms with Crippen molar-refractivity contribution in [3.05, 3.63) is 41.6 Å². The number of hydrogen-bond donors (Lipinski definition) is 0. The fraction of sp³-hybridized carbons (Fsp3) is 0.312. The van der Waals surface area contributed by atoms with E-state index in [1.807, 2.05) is 13.2 Å². The van der Waals surface area contributed by atoms with E-state index in [2.05, 4.69) is 48.0 Å². The number of anilines is 1. The number of aryl methyl sites for hydroxylation is 2. The number of rotatable bonds is 1. The summed E-state index contributed by atoms with van der Waals surface area (Å²) >= 11 is 0. The Morgan fingerprint density at radius 2 is 2.05 bits per heavy atom. The van der Waals surface area contributed by atoms with Crippen molar-refractivity contribution >= 4 is 5.82 Å². The van der Waals surface area contributed by atoms with Crippen molar-refractivity contribution in [2.75, 3.05) is 25.1 Å². The molecule has 3 rings (SSSR count). The first-order valence-electron chi connectivity index (χ1n) is 6.57. The average molecular weight is 254 g/mol. The molecule has 1 aromatic carbocycles. The Hall–Kier alpha value is -2.03. The molecule has 0 unspecified atom stereocenters. The molecule has 1 aromatic heterocycles. The summed E-state index contributed by atoms with van der Waals surface area (Å²) in [6, 6.07) is 8.58. The van der Waals surface area contributed by atoms with Crippen LogP contribution < -0.4 is 9.64 Å². The number of ether oxygens (including phenoxy) is 1. The van der Waals surface area contributed by atoms with E-state index >= 15 is 0 Å². The van der Waals surface area contributed by atoms with Gasteiger partial charge in [-0.25, -0.2) is 4.98 Å². The second kappa shape index (κ2) is 4.57. The average Bonchev–Trinajstić information content (AvgIpc) is 2.41. The number of fused-ring (bicyclic) bond motifs is 1. The summed E-state index contributed by atoms with van der Waals surface area (Å²) in [4.78, 5) is 6.68. The Bertz CT molecular complexity index is 622. The van der Waals surface area contributed by atoms with E-state index in [0.29, 0.717) is 0 Å². The van der Waals surface area contributed by atoms with Crippen LogP contribution in [0, 0.1) is 13.8 Å². The van der Waals surface area contributed by atoms with Crippen LogP contribution in [0.1, 0.15) is 11.1 Å². The normalized spacial score (nSPS) is 13.9. The van der Waals surface area contributed by atoms with Crippen LogP contribution in [0.15, 0.2) is 30.5 Å². The van der Waals surface area contributed by atoms with E-state index in [-0.39, 0.29) is 0 Å². The highest BCUT2D eigenvalue weighted by molar-refractivity contribution is 5.71. The van der Waals surface area contributed by atoms with Crippen LogP contribution in [0.25, 0.3) is 11.1 Å². The van der Waals surface area contributed by atoms with E-state index in [9.17, 15) is 0 Å². The van der Waals surface area contributed by atoms with Crippen molar-refractivity contribution in [1.29, 1.82) is 0 Å². The summed E-state index contributed by atoms with van der Waals surface area (Å²) < 4.78 is 5.72. The molecule has 0 atom stereocenters. The molecule has 0 amide bonds. The van der Waals surface area contributed by atoms with Crippen molar-refractivity contribution in [3.8, 4) is 16.9 Å². The Balaban J connectivity index is 2.09. The molecule has 1 aliphatic rings. The Labute approximate surface area is 113 Å². The lowest BCUT2D eigenvalue weighted by atomic mass is 9.99. The van der Waals surface area contributed by atoms with Crippen LogP contribution >= 0.6 is 0 Å². The molecule has 0 radical (unpaired) electrons. The molecule has 2 heterocycles. The van der Waals surface area contributed by atoms with Crippen molar-refractivity contribution in [1.82, 2.24) is 4.98 Å². The topological polar surface area (TPSA) is 25.4 Å². The molecular formula is C16H18N2O. The zero-order chi connectivity index (χ0) is 13.4. The summed E-state index contributed by atoms with van der Waals surface area (Å²) in [5, 5.41) is 0. The van der Waals surface area contributed by atoms with Crippen LogP contribution in [0.3, 0.4) is 0 Å². The highest BCUT2D eigenvalue weighted by Gasteiger charge is 2.17. The fourth-order valence-corrected chi connectivity index (χ4v) is 2.42. The SMILES string of the molecule is Cc1ccc(C)c(-c2cnc3c(c2)OCCN3C)c1. The van der Waals surface area contributed by atoms with Gasteiger partial charge in [0.05, 0.1) is 6.54 Å². The molecule has 0 saturated heterocycles. The maximum Gasteiger partial charge on any atom is 0.171 e. The van der Waals surface area contributed by atoms with E-state index in [4.69, 9.17) is 4.74 Å². The van der Waals surface area contributed by atoms with Gasteiger partial charge in [-0.15, -0.1) is 0 Å². The Morgan fingerprint density at radius 3 is 2.89 bits per heavy atom.